The van der Waals surface area contributed by atoms with Gasteiger partial charge in [0.2, 0.25) is 0 Å². The Morgan fingerprint density at radius 2 is 2.21 bits per heavy atom. The maximum absolute atomic E-state index is 7.45. The number of nitrogens with zero attached hydrogens (tertiary/aromatic N) is 2. The molecular weight excluding hydrogens is 232 g/mol. The maximum Gasteiger partial charge on any atom is 0.517 e. The molecule has 1 atom stereocenters. The molecule has 2 nitrogen and oxygen atoms in total. The fraction of sp³-hybridized carbons (Fsp3) is 0.471. The normalized spacial score (nSPS) is 17.8. The molecule has 96 valence electrons. The van der Waals surface area contributed by atoms with Crippen molar-refractivity contribution in [3.8, 4) is 11.8 Å². The zero-order valence-electron chi connectivity index (χ0n) is 11.4. The maximum atomic E-state index is 7.45. The largest absolute Gasteiger partial charge is 0.517 e. The third-order valence-corrected chi connectivity index (χ3v) is 3.27. The van der Waals surface area contributed by atoms with E-state index in [0.29, 0.717) is 6.42 Å². The molecule has 0 aromatic carbocycles. The predicted octanol–water partition coefficient (Wildman–Crippen LogP) is 4.39. The molecule has 0 saturated carbocycles. The lowest BCUT2D eigenvalue weighted by atomic mass is 9.79. The van der Waals surface area contributed by atoms with E-state index in [1.807, 2.05) is 19.1 Å². The van der Waals surface area contributed by atoms with Crippen LogP contribution in [0.25, 0.3) is 9.69 Å². The summed E-state index contributed by atoms with van der Waals surface area (Å²) in [4.78, 5) is 7.25. The van der Waals surface area contributed by atoms with Crippen LogP contribution in [0.4, 0.5) is 0 Å². The van der Waals surface area contributed by atoms with Crippen molar-refractivity contribution >= 4 is 0 Å². The molecule has 0 bridgehead atoms. The highest BCUT2D eigenvalue weighted by Gasteiger charge is 2.50. The summed E-state index contributed by atoms with van der Waals surface area (Å²) >= 11 is 0. The first kappa shape index (κ1) is 14.9. The average molecular weight is 250 g/mol. The molecule has 0 fully saturated rings. The Morgan fingerprint density at radius 3 is 2.79 bits per heavy atom. The smallest absolute Gasteiger partial charge is 0.225 e. The molecule has 0 heterocycles. The van der Waals surface area contributed by atoms with Gasteiger partial charge in [-0.3, -0.25) is 0 Å². The van der Waals surface area contributed by atoms with Gasteiger partial charge >= 0.3 is 5.66 Å². The van der Waals surface area contributed by atoms with Crippen LogP contribution in [0.2, 0.25) is 0 Å². The predicted molar refractivity (Wildman–Crippen MR) is 77.8 cm³/mol. The first-order chi connectivity index (χ1) is 9.24. The van der Waals surface area contributed by atoms with Crippen LogP contribution in [0, 0.1) is 30.9 Å². The van der Waals surface area contributed by atoms with Crippen molar-refractivity contribution < 1.29 is 0 Å². The highest BCUT2D eigenvalue weighted by Crippen LogP contribution is 2.39. The first-order valence-corrected chi connectivity index (χ1v) is 6.53. The Balaban J connectivity index is 3.17. The Kier molecular flexibility index (Phi) is 5.70. The molecule has 0 aliphatic heterocycles. The molecule has 0 aromatic heterocycles. The quantitative estimate of drug-likeness (QED) is 0.304. The molecule has 1 aliphatic rings. The molecule has 0 spiro atoms. The average Bonchev–Trinajstić information content (AvgIpc) is 2.45. The van der Waals surface area contributed by atoms with Gasteiger partial charge in [-0.25, -0.2) is 22.8 Å². The van der Waals surface area contributed by atoms with Gasteiger partial charge in [0.05, 0.1) is 0 Å². The third kappa shape index (κ3) is 3.39. The van der Waals surface area contributed by atoms with Crippen LogP contribution < -0.4 is 0 Å². The van der Waals surface area contributed by atoms with Crippen LogP contribution in [-0.4, -0.2) is 5.66 Å². The second kappa shape index (κ2) is 7.28. The lowest BCUT2D eigenvalue weighted by molar-refractivity contribution is 0.531. The van der Waals surface area contributed by atoms with E-state index in [-0.39, 0.29) is 5.92 Å². The summed E-state index contributed by atoms with van der Waals surface area (Å²) < 4.78 is 0. The molecule has 1 rings (SSSR count). The van der Waals surface area contributed by atoms with Crippen LogP contribution >= 0.6 is 0 Å². The van der Waals surface area contributed by atoms with E-state index in [1.54, 1.807) is 0 Å². The van der Waals surface area contributed by atoms with E-state index in [9.17, 15) is 0 Å². The van der Waals surface area contributed by atoms with Crippen molar-refractivity contribution in [2.45, 2.75) is 44.7 Å². The lowest BCUT2D eigenvalue weighted by Crippen LogP contribution is -2.28. The van der Waals surface area contributed by atoms with Gasteiger partial charge in [-0.05, 0) is 25.3 Å². The standard InChI is InChI=1S/C17H18N2/c1-5-7-10-14-17(18-3,19-4)16-13-9-8-12-15(16)11-6-2/h11,13,15H,2,5,8-9,12,14H2,1H3. The second-order valence-corrected chi connectivity index (χ2v) is 4.49. The molecule has 2 heteroatoms. The van der Waals surface area contributed by atoms with E-state index >= 15 is 0 Å². The summed E-state index contributed by atoms with van der Waals surface area (Å²) in [6, 6.07) is 0. The van der Waals surface area contributed by atoms with Crippen LogP contribution in [0.3, 0.4) is 0 Å². The molecule has 0 amide bonds. The summed E-state index contributed by atoms with van der Waals surface area (Å²) in [7, 11) is 0. The fourth-order valence-corrected chi connectivity index (χ4v) is 2.32. The molecule has 0 radical (unpaired) electrons. The van der Waals surface area contributed by atoms with Gasteiger partial charge in [0.25, 0.3) is 0 Å². The molecule has 1 aliphatic carbocycles. The monoisotopic (exact) mass is 250 g/mol. The van der Waals surface area contributed by atoms with Crippen molar-refractivity contribution in [2.75, 3.05) is 0 Å². The third-order valence-electron chi connectivity index (χ3n) is 3.27. The van der Waals surface area contributed by atoms with Gasteiger partial charge in [-0.1, -0.05) is 25.5 Å². The topological polar surface area (TPSA) is 8.72 Å². The van der Waals surface area contributed by atoms with Crippen molar-refractivity contribution in [3.05, 3.63) is 52.9 Å². The number of rotatable bonds is 3. The summed E-state index contributed by atoms with van der Waals surface area (Å²) in [5.74, 6) is 6.03. The Labute approximate surface area is 116 Å². The minimum Gasteiger partial charge on any atom is -0.225 e. The van der Waals surface area contributed by atoms with Gasteiger partial charge in [-0.15, -0.1) is 11.7 Å². The van der Waals surface area contributed by atoms with Gasteiger partial charge in [0.1, 0.15) is 5.57 Å². The molecule has 0 aromatic rings. The fourth-order valence-electron chi connectivity index (χ4n) is 2.32. The molecule has 19 heavy (non-hydrogen) atoms. The van der Waals surface area contributed by atoms with E-state index in [1.165, 1.54) is 0 Å². The minimum atomic E-state index is -1.15. The van der Waals surface area contributed by atoms with E-state index in [0.717, 1.165) is 31.3 Å². The van der Waals surface area contributed by atoms with Crippen LogP contribution in [-0.2, 0) is 0 Å². The first-order valence-electron chi connectivity index (χ1n) is 6.53. The van der Waals surface area contributed by atoms with Crippen molar-refractivity contribution in [1.82, 2.24) is 0 Å². The second-order valence-electron chi connectivity index (χ2n) is 4.49. The van der Waals surface area contributed by atoms with Gasteiger partial charge < -0.3 is 0 Å². The van der Waals surface area contributed by atoms with Crippen molar-refractivity contribution in [2.24, 2.45) is 5.92 Å². The summed E-state index contributed by atoms with van der Waals surface area (Å²) in [6.07, 6.45) is 7.95. The number of hydrogen-bond donors (Lipinski definition) is 0. The highest BCUT2D eigenvalue weighted by atomic mass is 15.0. The van der Waals surface area contributed by atoms with Crippen LogP contribution in [0.1, 0.15) is 39.0 Å². The zero-order valence-corrected chi connectivity index (χ0v) is 11.4. The van der Waals surface area contributed by atoms with Gasteiger partial charge in [-0.2, -0.15) is 0 Å². The van der Waals surface area contributed by atoms with Crippen LogP contribution in [0.15, 0.2) is 30.0 Å². The number of allylic oxidation sites excluding steroid dienone is 2. The van der Waals surface area contributed by atoms with E-state index in [2.05, 4.69) is 33.8 Å². The Bertz CT molecular complexity index is 523. The Morgan fingerprint density at radius 1 is 1.47 bits per heavy atom. The van der Waals surface area contributed by atoms with E-state index < -0.39 is 5.66 Å². The van der Waals surface area contributed by atoms with Crippen LogP contribution in [0.5, 0.6) is 0 Å². The molecule has 0 N–H and O–H groups in total. The van der Waals surface area contributed by atoms with Crippen molar-refractivity contribution in [3.63, 3.8) is 0 Å². The Hall–Kier alpha value is -2.20. The SMILES string of the molecule is [C-]#[N+]C(CC#CCC)([N+]#[C-])C1=CCCCC1C=C=C. The summed E-state index contributed by atoms with van der Waals surface area (Å²) in [5, 5.41) is 0. The van der Waals surface area contributed by atoms with Gasteiger partial charge in [0.15, 0.2) is 6.42 Å². The summed E-state index contributed by atoms with van der Waals surface area (Å²) in [5.41, 5.74) is 2.54. The highest BCUT2D eigenvalue weighted by molar-refractivity contribution is 5.38. The van der Waals surface area contributed by atoms with Crippen molar-refractivity contribution in [1.29, 1.82) is 0 Å². The molecular formula is C17H18N2. The molecule has 0 saturated heterocycles. The summed E-state index contributed by atoms with van der Waals surface area (Å²) in [6.45, 7) is 20.5. The zero-order chi connectivity index (χ0) is 14.1. The lowest BCUT2D eigenvalue weighted by Gasteiger charge is -2.22. The van der Waals surface area contributed by atoms with E-state index in [4.69, 9.17) is 13.1 Å². The minimum absolute atomic E-state index is 0.109. The molecule has 1 unspecified atom stereocenters. The van der Waals surface area contributed by atoms with Gasteiger partial charge in [0, 0.05) is 12.3 Å². The number of hydrogen-bond acceptors (Lipinski definition) is 0.